The third kappa shape index (κ3) is 6.46. The second kappa shape index (κ2) is 9.20. The molecule has 1 amide bonds. The van der Waals surface area contributed by atoms with E-state index in [1.807, 2.05) is 21.0 Å². The van der Waals surface area contributed by atoms with Gasteiger partial charge in [-0.25, -0.2) is 0 Å². The van der Waals surface area contributed by atoms with Crippen molar-refractivity contribution in [3.8, 4) is 0 Å². The molecule has 0 aliphatic carbocycles. The summed E-state index contributed by atoms with van der Waals surface area (Å²) in [6, 6.07) is 5.22. The number of nitrogens with two attached hydrogens (primary N) is 1. The smallest absolute Gasteiger partial charge is 0.251 e. The summed E-state index contributed by atoms with van der Waals surface area (Å²) < 4.78 is 5.50. The standard InChI is InChI=1S/C15H26N4O2/c1-4-17-15(20)12-5-6-13(16)14(11-12)18-7-9-21-10-8-19(2)3/h5-6,11,18H,4,7-10,16H2,1-3H3,(H,17,20). The molecule has 1 rings (SSSR count). The molecule has 0 radical (unpaired) electrons. The van der Waals surface area contributed by atoms with Gasteiger partial charge in [-0.05, 0) is 39.2 Å². The number of likely N-dealkylation sites (N-methyl/N-ethyl adjacent to an activating group) is 1. The van der Waals surface area contributed by atoms with Crippen LogP contribution < -0.4 is 16.4 Å². The van der Waals surface area contributed by atoms with Crippen LogP contribution in [0.15, 0.2) is 18.2 Å². The predicted molar refractivity (Wildman–Crippen MR) is 86.7 cm³/mol. The third-order valence-electron chi connectivity index (χ3n) is 2.90. The molecular weight excluding hydrogens is 268 g/mol. The van der Waals surface area contributed by atoms with Crippen LogP contribution >= 0.6 is 0 Å². The van der Waals surface area contributed by atoms with Crippen molar-refractivity contribution < 1.29 is 9.53 Å². The van der Waals surface area contributed by atoms with Crippen LogP contribution in [0.5, 0.6) is 0 Å². The van der Waals surface area contributed by atoms with Crippen LogP contribution in [0.1, 0.15) is 17.3 Å². The molecule has 0 fully saturated rings. The van der Waals surface area contributed by atoms with Gasteiger partial charge in [0.1, 0.15) is 0 Å². The van der Waals surface area contributed by atoms with Crippen LogP contribution in [0.3, 0.4) is 0 Å². The molecule has 6 nitrogen and oxygen atoms in total. The van der Waals surface area contributed by atoms with Crippen LogP contribution in [-0.2, 0) is 4.74 Å². The van der Waals surface area contributed by atoms with Crippen molar-refractivity contribution in [1.29, 1.82) is 0 Å². The van der Waals surface area contributed by atoms with Gasteiger partial charge < -0.3 is 26.0 Å². The Balaban J connectivity index is 2.43. The van der Waals surface area contributed by atoms with E-state index in [0.29, 0.717) is 37.6 Å². The molecule has 0 aliphatic heterocycles. The number of carbonyl (C=O) groups excluding carboxylic acids is 1. The van der Waals surface area contributed by atoms with Gasteiger partial charge in [-0.1, -0.05) is 0 Å². The largest absolute Gasteiger partial charge is 0.397 e. The molecule has 4 N–H and O–H groups in total. The molecule has 0 unspecified atom stereocenters. The van der Waals surface area contributed by atoms with Gasteiger partial charge in [0, 0.05) is 25.2 Å². The van der Waals surface area contributed by atoms with Crippen LogP contribution in [0.25, 0.3) is 0 Å². The average Bonchev–Trinajstić information content (AvgIpc) is 2.44. The van der Waals surface area contributed by atoms with Crippen molar-refractivity contribution in [3.05, 3.63) is 23.8 Å². The van der Waals surface area contributed by atoms with Gasteiger partial charge in [-0.15, -0.1) is 0 Å². The summed E-state index contributed by atoms with van der Waals surface area (Å²) in [5.74, 6) is -0.0946. The Morgan fingerprint density at radius 2 is 2.10 bits per heavy atom. The minimum absolute atomic E-state index is 0.0946. The van der Waals surface area contributed by atoms with E-state index in [4.69, 9.17) is 10.5 Å². The number of nitrogens with zero attached hydrogens (tertiary/aromatic N) is 1. The van der Waals surface area contributed by atoms with E-state index in [-0.39, 0.29) is 5.91 Å². The number of benzene rings is 1. The number of hydrogen-bond donors (Lipinski definition) is 3. The maximum absolute atomic E-state index is 11.8. The van der Waals surface area contributed by atoms with E-state index in [0.717, 1.165) is 12.2 Å². The molecule has 21 heavy (non-hydrogen) atoms. The van der Waals surface area contributed by atoms with Gasteiger partial charge in [0.05, 0.1) is 24.6 Å². The number of hydrogen-bond acceptors (Lipinski definition) is 5. The molecule has 0 bridgehead atoms. The Bertz CT molecular complexity index is 449. The number of nitrogens with one attached hydrogen (secondary N) is 2. The molecule has 0 atom stereocenters. The summed E-state index contributed by atoms with van der Waals surface area (Å²) in [6.07, 6.45) is 0. The van der Waals surface area contributed by atoms with Crippen molar-refractivity contribution in [2.75, 3.05) is 58.0 Å². The topological polar surface area (TPSA) is 79.6 Å². The molecule has 0 saturated heterocycles. The lowest BCUT2D eigenvalue weighted by atomic mass is 10.1. The minimum atomic E-state index is -0.0946. The van der Waals surface area contributed by atoms with Crippen molar-refractivity contribution in [2.45, 2.75) is 6.92 Å². The lowest BCUT2D eigenvalue weighted by Gasteiger charge is -2.13. The first-order valence-corrected chi connectivity index (χ1v) is 7.18. The molecular formula is C15H26N4O2. The molecule has 0 spiro atoms. The summed E-state index contributed by atoms with van der Waals surface area (Å²) in [5.41, 5.74) is 7.88. The minimum Gasteiger partial charge on any atom is -0.397 e. The Kier molecular flexibility index (Phi) is 7.56. The first-order chi connectivity index (χ1) is 10.0. The summed E-state index contributed by atoms with van der Waals surface area (Å²) in [7, 11) is 4.02. The number of carbonyl (C=O) groups is 1. The number of nitrogen functional groups attached to an aromatic ring is 1. The second-order valence-electron chi connectivity index (χ2n) is 5.00. The SMILES string of the molecule is CCNC(=O)c1ccc(N)c(NCCOCCN(C)C)c1. The third-order valence-corrected chi connectivity index (χ3v) is 2.90. The zero-order chi connectivity index (χ0) is 15.7. The first-order valence-electron chi connectivity index (χ1n) is 7.18. The van der Waals surface area contributed by atoms with Gasteiger partial charge in [-0.3, -0.25) is 4.79 Å². The van der Waals surface area contributed by atoms with Gasteiger partial charge >= 0.3 is 0 Å². The zero-order valence-electron chi connectivity index (χ0n) is 13.1. The number of anilines is 2. The molecule has 0 aliphatic rings. The summed E-state index contributed by atoms with van der Waals surface area (Å²) in [5, 5.41) is 5.96. The van der Waals surface area contributed by atoms with Crippen molar-refractivity contribution in [2.24, 2.45) is 0 Å². The van der Waals surface area contributed by atoms with Gasteiger partial charge in [-0.2, -0.15) is 0 Å². The van der Waals surface area contributed by atoms with Gasteiger partial charge in [0.25, 0.3) is 5.91 Å². The van der Waals surface area contributed by atoms with Gasteiger partial charge in [0.2, 0.25) is 0 Å². The highest BCUT2D eigenvalue weighted by molar-refractivity contribution is 5.96. The van der Waals surface area contributed by atoms with E-state index in [9.17, 15) is 4.79 Å². The Hall–Kier alpha value is -1.79. The van der Waals surface area contributed by atoms with Crippen LogP contribution in [0, 0.1) is 0 Å². The maximum atomic E-state index is 11.8. The highest BCUT2D eigenvalue weighted by atomic mass is 16.5. The summed E-state index contributed by atoms with van der Waals surface area (Å²) in [6.45, 7) is 5.33. The summed E-state index contributed by atoms with van der Waals surface area (Å²) >= 11 is 0. The van der Waals surface area contributed by atoms with E-state index in [1.54, 1.807) is 18.2 Å². The molecule has 1 aromatic rings. The van der Waals surface area contributed by atoms with Crippen molar-refractivity contribution >= 4 is 17.3 Å². The predicted octanol–water partition coefficient (Wildman–Crippen LogP) is 1.01. The summed E-state index contributed by atoms with van der Waals surface area (Å²) in [4.78, 5) is 13.8. The maximum Gasteiger partial charge on any atom is 0.251 e. The fraction of sp³-hybridized carbons (Fsp3) is 0.533. The molecule has 6 heteroatoms. The fourth-order valence-electron chi connectivity index (χ4n) is 1.72. The Morgan fingerprint density at radius 1 is 1.33 bits per heavy atom. The quantitative estimate of drug-likeness (QED) is 0.468. The molecule has 0 heterocycles. The highest BCUT2D eigenvalue weighted by Crippen LogP contribution is 2.19. The Labute approximate surface area is 126 Å². The van der Waals surface area contributed by atoms with Crippen LogP contribution in [0.4, 0.5) is 11.4 Å². The average molecular weight is 294 g/mol. The monoisotopic (exact) mass is 294 g/mol. The van der Waals surface area contributed by atoms with E-state index >= 15 is 0 Å². The van der Waals surface area contributed by atoms with E-state index in [2.05, 4.69) is 15.5 Å². The van der Waals surface area contributed by atoms with Crippen LogP contribution in [-0.4, -0.2) is 57.8 Å². The van der Waals surface area contributed by atoms with Gasteiger partial charge in [0.15, 0.2) is 0 Å². The number of ether oxygens (including phenoxy) is 1. The van der Waals surface area contributed by atoms with E-state index < -0.39 is 0 Å². The van der Waals surface area contributed by atoms with Crippen molar-refractivity contribution in [1.82, 2.24) is 10.2 Å². The molecule has 1 aromatic carbocycles. The first kappa shape index (κ1) is 17.3. The molecule has 0 saturated carbocycles. The fourth-order valence-corrected chi connectivity index (χ4v) is 1.72. The number of amides is 1. The lowest BCUT2D eigenvalue weighted by Crippen LogP contribution is -2.23. The molecule has 118 valence electrons. The van der Waals surface area contributed by atoms with Crippen molar-refractivity contribution in [3.63, 3.8) is 0 Å². The Morgan fingerprint density at radius 3 is 2.76 bits per heavy atom. The number of rotatable bonds is 9. The lowest BCUT2D eigenvalue weighted by molar-refractivity contribution is 0.0956. The molecule has 0 aromatic heterocycles. The normalized spacial score (nSPS) is 10.7. The van der Waals surface area contributed by atoms with E-state index in [1.165, 1.54) is 0 Å². The zero-order valence-corrected chi connectivity index (χ0v) is 13.1. The highest BCUT2D eigenvalue weighted by Gasteiger charge is 2.07. The van der Waals surface area contributed by atoms with Crippen LogP contribution in [0.2, 0.25) is 0 Å². The second-order valence-corrected chi connectivity index (χ2v) is 5.00.